The highest BCUT2D eigenvalue weighted by Crippen LogP contribution is 2.27. The van der Waals surface area contributed by atoms with Gasteiger partial charge in [0.2, 0.25) is 11.8 Å². The minimum absolute atomic E-state index is 0.0885. The zero-order chi connectivity index (χ0) is 37.1. The summed E-state index contributed by atoms with van der Waals surface area (Å²) in [4.78, 5) is 59.2. The van der Waals surface area contributed by atoms with Crippen LogP contribution in [0.4, 0.5) is 30.7 Å². The molecule has 3 atom stereocenters. The number of carbonyl (C=O) groups excluding carboxylic acids is 4. The molecule has 1 aliphatic rings. The van der Waals surface area contributed by atoms with Gasteiger partial charge in [0.05, 0.1) is 12.5 Å². The lowest BCUT2D eigenvalue weighted by Gasteiger charge is -2.24. The number of esters is 2. The Morgan fingerprint density at radius 2 is 1.53 bits per heavy atom. The van der Waals surface area contributed by atoms with Gasteiger partial charge in [-0.3, -0.25) is 24.7 Å². The third-order valence-electron chi connectivity index (χ3n) is 7.00. The summed E-state index contributed by atoms with van der Waals surface area (Å²) in [6.07, 6.45) is -10.2. The quantitative estimate of drug-likeness (QED) is 0.0769. The second-order valence-electron chi connectivity index (χ2n) is 10.8. The Morgan fingerprint density at radius 3 is 2.04 bits per heavy atom. The minimum atomic E-state index is -5.32. The van der Waals surface area contributed by atoms with Crippen LogP contribution < -0.4 is 16.4 Å². The first-order valence-electron chi connectivity index (χ1n) is 14.3. The Kier molecular flexibility index (Phi) is 14.2. The van der Waals surface area contributed by atoms with Crippen molar-refractivity contribution in [3.63, 3.8) is 0 Å². The van der Waals surface area contributed by atoms with E-state index in [0.717, 1.165) is 11.1 Å². The molecule has 1 fully saturated rings. The summed E-state index contributed by atoms with van der Waals surface area (Å²) in [6.45, 7) is 1.76. The lowest BCUT2D eigenvalue weighted by molar-refractivity contribution is -0.202. The number of hydrogen-bond donors (Lipinski definition) is 5. The van der Waals surface area contributed by atoms with E-state index in [4.69, 9.17) is 21.0 Å². The summed E-state index contributed by atoms with van der Waals surface area (Å²) >= 11 is 0. The van der Waals surface area contributed by atoms with E-state index in [1.165, 1.54) is 19.1 Å². The molecule has 0 unspecified atom stereocenters. The van der Waals surface area contributed by atoms with Crippen molar-refractivity contribution in [1.29, 1.82) is 5.41 Å². The highest BCUT2D eigenvalue weighted by Gasteiger charge is 2.43. The number of halogens is 7. The third kappa shape index (κ3) is 13.5. The van der Waals surface area contributed by atoms with E-state index in [9.17, 15) is 49.9 Å². The largest absolute Gasteiger partial charge is 0.491 e. The third-order valence-corrected chi connectivity index (χ3v) is 7.00. The molecule has 3 rings (SSSR count). The van der Waals surface area contributed by atoms with E-state index in [0.29, 0.717) is 18.4 Å². The lowest BCUT2D eigenvalue weighted by atomic mass is 9.96. The number of nitrogens with two attached hydrogens (primary N) is 1. The van der Waals surface area contributed by atoms with Crippen molar-refractivity contribution in [2.24, 2.45) is 11.7 Å². The van der Waals surface area contributed by atoms with Crippen molar-refractivity contribution in [2.75, 3.05) is 13.1 Å². The molecule has 1 saturated heterocycles. The van der Waals surface area contributed by atoms with Crippen LogP contribution in [0, 0.1) is 17.1 Å². The van der Waals surface area contributed by atoms with Gasteiger partial charge in [-0.05, 0) is 48.9 Å². The van der Waals surface area contributed by atoms with Crippen LogP contribution in [-0.4, -0.2) is 83.1 Å². The van der Waals surface area contributed by atoms with Crippen LogP contribution in [0.2, 0.25) is 0 Å². The Balaban J connectivity index is 0.00000107. The molecule has 0 saturated carbocycles. The van der Waals surface area contributed by atoms with E-state index >= 15 is 0 Å². The first-order valence-corrected chi connectivity index (χ1v) is 14.3. The number of hydrogen-bond acceptors (Lipinski definition) is 8. The van der Waals surface area contributed by atoms with Gasteiger partial charge in [-0.15, -0.1) is 0 Å². The number of likely N-dealkylation sites (tertiary alicyclic amines) is 1. The number of nitrogens with one attached hydrogen (secondary N) is 3. The van der Waals surface area contributed by atoms with Crippen molar-refractivity contribution >= 4 is 35.6 Å². The molecule has 2 amide bonds. The molecule has 0 bridgehead atoms. The lowest BCUT2D eigenvalue weighted by Crippen LogP contribution is -2.51. The van der Waals surface area contributed by atoms with Gasteiger partial charge in [-0.25, -0.2) is 14.0 Å². The topological polar surface area (TPSA) is 192 Å². The summed E-state index contributed by atoms with van der Waals surface area (Å²) in [7, 11) is 0. The molecule has 2 aromatic carbocycles. The Bertz CT molecular complexity index is 1500. The highest BCUT2D eigenvalue weighted by atomic mass is 19.4. The number of amidine groups is 1. The number of carboxylic acids is 1. The number of carbonyl (C=O) groups is 5. The van der Waals surface area contributed by atoms with Crippen molar-refractivity contribution in [2.45, 2.75) is 57.2 Å². The second kappa shape index (κ2) is 17.4. The molecule has 0 aliphatic carbocycles. The number of nitrogens with zero attached hydrogens (tertiary/aromatic N) is 1. The molecule has 0 spiro atoms. The molecule has 268 valence electrons. The molecule has 6 N–H and O–H groups in total. The van der Waals surface area contributed by atoms with Crippen LogP contribution in [0.5, 0.6) is 0 Å². The Hall–Kier alpha value is -5.07. The van der Waals surface area contributed by atoms with Gasteiger partial charge in [-0.1, -0.05) is 36.4 Å². The summed E-state index contributed by atoms with van der Waals surface area (Å²) in [6, 6.07) is 10.7. The van der Waals surface area contributed by atoms with Crippen LogP contribution in [-0.2, 0) is 41.7 Å². The molecule has 19 heteroatoms. The Morgan fingerprint density at radius 1 is 0.980 bits per heavy atom. The van der Waals surface area contributed by atoms with Gasteiger partial charge in [0, 0.05) is 25.2 Å². The van der Waals surface area contributed by atoms with Gasteiger partial charge in [0.15, 0.2) is 0 Å². The zero-order valence-electron chi connectivity index (χ0n) is 25.7. The van der Waals surface area contributed by atoms with E-state index in [1.54, 1.807) is 41.3 Å². The monoisotopic (exact) mass is 707 g/mol. The summed E-state index contributed by atoms with van der Waals surface area (Å²) < 4.78 is 86.2. The SMILES string of the molecule is C[C@H](NC(=O)[C@H]1C[C@H](Cc2ccc(F)cc2)CN1CCC(=O)OC(=O)C(F)(F)F)C(=O)NCc1ccc(C(=N)N)cc1.O=C(O)C(F)(F)F. The number of amides is 2. The smallest absolute Gasteiger partial charge is 0.475 e. The first kappa shape index (κ1) is 40.1. The molecule has 49 heavy (non-hydrogen) atoms. The zero-order valence-corrected chi connectivity index (χ0v) is 25.7. The summed E-state index contributed by atoms with van der Waals surface area (Å²) in [5.74, 6) is -8.38. The number of benzene rings is 2. The van der Waals surface area contributed by atoms with Gasteiger partial charge in [0.25, 0.3) is 0 Å². The highest BCUT2D eigenvalue weighted by molar-refractivity contribution is 5.95. The normalized spacial score (nSPS) is 16.8. The van der Waals surface area contributed by atoms with E-state index in [2.05, 4.69) is 15.4 Å². The number of carboxylic acid groups (broad SMARTS) is 1. The summed E-state index contributed by atoms with van der Waals surface area (Å²) in [5, 5.41) is 19.9. The summed E-state index contributed by atoms with van der Waals surface area (Å²) in [5.41, 5.74) is 7.52. The number of rotatable bonds is 11. The fourth-order valence-electron chi connectivity index (χ4n) is 4.59. The molecule has 12 nitrogen and oxygen atoms in total. The van der Waals surface area contributed by atoms with Crippen LogP contribution in [0.3, 0.4) is 0 Å². The predicted molar refractivity (Wildman–Crippen MR) is 156 cm³/mol. The number of aliphatic carboxylic acids is 1. The van der Waals surface area contributed by atoms with Crippen LogP contribution in [0.15, 0.2) is 48.5 Å². The first-order chi connectivity index (χ1) is 22.7. The van der Waals surface area contributed by atoms with Gasteiger partial charge in [0.1, 0.15) is 17.7 Å². The molecule has 0 radical (unpaired) electrons. The van der Waals surface area contributed by atoms with Crippen molar-refractivity contribution in [3.05, 3.63) is 71.0 Å². The van der Waals surface area contributed by atoms with E-state index in [1.807, 2.05) is 0 Å². The number of ether oxygens (including phenoxy) is 1. The van der Waals surface area contributed by atoms with Gasteiger partial charge < -0.3 is 26.2 Å². The molecule has 1 aliphatic heterocycles. The molecule has 2 aromatic rings. The fourth-order valence-corrected chi connectivity index (χ4v) is 4.59. The minimum Gasteiger partial charge on any atom is -0.475 e. The number of nitrogen functional groups attached to an aromatic ring is 1. The maximum Gasteiger partial charge on any atom is 0.491 e. The van der Waals surface area contributed by atoms with Gasteiger partial charge >= 0.3 is 30.3 Å². The average Bonchev–Trinajstić information content (AvgIpc) is 3.42. The molecule has 1 heterocycles. The van der Waals surface area contributed by atoms with Crippen molar-refractivity contribution < 1.29 is 64.5 Å². The number of alkyl halides is 6. The van der Waals surface area contributed by atoms with Crippen LogP contribution >= 0.6 is 0 Å². The van der Waals surface area contributed by atoms with Crippen LogP contribution in [0.25, 0.3) is 0 Å². The van der Waals surface area contributed by atoms with Crippen LogP contribution in [0.1, 0.15) is 36.5 Å². The van der Waals surface area contributed by atoms with Crippen molar-refractivity contribution in [3.8, 4) is 0 Å². The van der Waals surface area contributed by atoms with E-state index < -0.39 is 66.4 Å². The molecular formula is C30H32F7N5O7. The van der Waals surface area contributed by atoms with Gasteiger partial charge in [-0.2, -0.15) is 26.3 Å². The second-order valence-corrected chi connectivity index (χ2v) is 10.8. The molecular weight excluding hydrogens is 675 g/mol. The Labute approximate surface area is 274 Å². The fraction of sp³-hybridized carbons (Fsp3) is 0.400. The average molecular weight is 708 g/mol. The standard InChI is InChI=1S/C28H31F4N5O5.C2HF3O2/c1-16(25(39)35-14-18-2-6-20(7-3-18)24(33)34)36-26(40)22-13-19(12-17-4-8-21(29)9-5-17)15-37(22)11-10-23(38)42-27(41)28(30,31)32;3-2(4,5)1(6)7/h2-9,16,19,22H,10-15H2,1H3,(H3,33,34)(H,35,39)(H,36,40);(H,6,7)/t16-,19-,22+;/m0./s1. The van der Waals surface area contributed by atoms with E-state index in [-0.39, 0.29) is 31.4 Å². The maximum atomic E-state index is 13.3. The van der Waals surface area contributed by atoms with Crippen molar-refractivity contribution in [1.82, 2.24) is 15.5 Å². The predicted octanol–water partition coefficient (Wildman–Crippen LogP) is 2.82. The maximum absolute atomic E-state index is 13.3. The molecule has 0 aromatic heterocycles.